The molecule has 0 saturated carbocycles. The first-order valence-corrected chi connectivity index (χ1v) is 51.5. The highest BCUT2D eigenvalue weighted by atomic mass is 16.5. The summed E-state index contributed by atoms with van der Waals surface area (Å²) < 4.78 is 58.2. The van der Waals surface area contributed by atoms with E-state index in [1.54, 1.807) is 0 Å². The number of rotatable bonds is 6. The first-order valence-electron chi connectivity index (χ1n) is 51.5. The van der Waals surface area contributed by atoms with Gasteiger partial charge >= 0.3 is 0 Å². The summed E-state index contributed by atoms with van der Waals surface area (Å²) in [5.74, 6) is 12.6. The third-order valence-electron chi connectivity index (χ3n) is 32.2. The van der Waals surface area contributed by atoms with Crippen LogP contribution in [-0.4, -0.2) is 26.9 Å². The molecule has 0 saturated heterocycles. The molecule has 0 amide bonds. The Kier molecular flexibility index (Phi) is 21.3. The Hall–Kier alpha value is -14.8. The van der Waals surface area contributed by atoms with Crippen molar-refractivity contribution >= 4 is 136 Å². The van der Waals surface area contributed by atoms with Crippen LogP contribution in [0.15, 0.2) is 336 Å². The van der Waals surface area contributed by atoms with E-state index < -0.39 is 0 Å². The smallest absolute Gasteiger partial charge is 0.252 e. The number of aryl methyl sites for hydroxylation is 2. The lowest BCUT2D eigenvalue weighted by molar-refractivity contribution is 0.452. The van der Waals surface area contributed by atoms with Gasteiger partial charge in [-0.05, 0) is 285 Å². The molecule has 145 heavy (non-hydrogen) atoms. The molecule has 10 heterocycles. The van der Waals surface area contributed by atoms with E-state index in [0.29, 0.717) is 0 Å². The molecule has 714 valence electrons. The fourth-order valence-electron chi connectivity index (χ4n) is 25.4. The number of ether oxygens (including phenoxy) is 7. The number of hydrogen-bond donors (Lipinski definition) is 0. The van der Waals surface area contributed by atoms with Crippen molar-refractivity contribution in [1.29, 1.82) is 0 Å². The maximum absolute atomic E-state index is 6.69. The second-order valence-corrected chi connectivity index (χ2v) is 47.4. The number of fused-ring (bicyclic) bond motifs is 22. The Morgan fingerprint density at radius 3 is 1.06 bits per heavy atom. The van der Waals surface area contributed by atoms with Crippen LogP contribution < -0.4 is 98.7 Å². The topological polar surface area (TPSA) is 90.9 Å². The van der Waals surface area contributed by atoms with Gasteiger partial charge in [0, 0.05) is 48.8 Å². The molecule has 8 aliphatic rings. The highest BCUT2D eigenvalue weighted by molar-refractivity contribution is 7.00. The van der Waals surface area contributed by atoms with Gasteiger partial charge in [-0.3, -0.25) is 0 Å². The van der Waals surface area contributed by atoms with Crippen molar-refractivity contribution in [2.24, 2.45) is 0 Å². The molecule has 27 rings (SSSR count). The van der Waals surface area contributed by atoms with Crippen molar-refractivity contribution < 1.29 is 42.0 Å². The first kappa shape index (κ1) is 92.6. The number of furan rings is 2. The van der Waals surface area contributed by atoms with Gasteiger partial charge in [-0.1, -0.05) is 354 Å². The van der Waals surface area contributed by atoms with Crippen molar-refractivity contribution in [1.82, 2.24) is 0 Å². The number of para-hydroxylation sites is 5. The van der Waals surface area contributed by atoms with Gasteiger partial charge < -0.3 is 42.0 Å². The van der Waals surface area contributed by atoms with Gasteiger partial charge in [0.15, 0.2) is 0 Å². The SMILES string of the molecule is CC(C)(C)c1ccc2c(c1)B1c3cc(Oc4ccccc4)ccc3C(C)(C)c3c(C(C)(C)C)ccc(c31)O2.CC(C)(C)c1ccc2c(c1)B1c3cc4c(cc3C(C)(C)c3c(C(C)(C)C)ccc(c31)O2)oc1ccccc14.CC1(C)c2ccccc2B2c3cc(Oc4ccccc4)ccc3Oc3ccc(Oc4ccccc4)c1c32.Cc1ccc2c(c1)B1c3cc4c(cc3C(C)(C)c3c(C)ccc(c31)O2)oc1ccccc14. The molecule has 9 nitrogen and oxygen atoms in total. The number of hydrogen-bond acceptors (Lipinski definition) is 9. The molecule has 0 spiro atoms. The van der Waals surface area contributed by atoms with E-state index in [9.17, 15) is 0 Å². The second kappa shape index (κ2) is 33.4. The summed E-state index contributed by atoms with van der Waals surface area (Å²) in [4.78, 5) is 0. The van der Waals surface area contributed by atoms with Crippen molar-refractivity contribution in [3.8, 4) is 80.5 Å². The summed E-state index contributed by atoms with van der Waals surface area (Å²) in [6, 6.07) is 115. The Morgan fingerprint density at radius 1 is 0.228 bits per heavy atom. The van der Waals surface area contributed by atoms with Gasteiger partial charge in [-0.15, -0.1) is 0 Å². The van der Waals surface area contributed by atoms with E-state index in [2.05, 4.69) is 359 Å². The van der Waals surface area contributed by atoms with Crippen molar-refractivity contribution in [3.05, 3.63) is 405 Å². The fraction of sp³-hybridized carbons (Fsp3) is 0.227. The summed E-state index contributed by atoms with van der Waals surface area (Å²) >= 11 is 0. The molecule has 0 fully saturated rings. The van der Waals surface area contributed by atoms with Crippen LogP contribution in [0.25, 0.3) is 43.9 Å². The lowest BCUT2D eigenvalue weighted by Gasteiger charge is -2.44. The maximum atomic E-state index is 6.69. The molecular formula is C132H120B4O9. The van der Waals surface area contributed by atoms with Gasteiger partial charge in [-0.2, -0.15) is 0 Å². The zero-order chi connectivity index (χ0) is 101. The fourth-order valence-corrected chi connectivity index (χ4v) is 25.4. The molecule has 0 atom stereocenters. The molecule has 0 N–H and O–H groups in total. The Morgan fingerprint density at radius 2 is 0.572 bits per heavy atom. The van der Waals surface area contributed by atoms with Gasteiger partial charge in [0.2, 0.25) is 0 Å². The molecular weight excluding hydrogens is 1770 g/mol. The van der Waals surface area contributed by atoms with E-state index in [1.165, 1.54) is 154 Å². The molecule has 0 radical (unpaired) electrons. The summed E-state index contributed by atoms with van der Waals surface area (Å²) in [6.07, 6.45) is 0. The zero-order valence-electron chi connectivity index (χ0n) is 87.2. The van der Waals surface area contributed by atoms with E-state index in [0.717, 1.165) is 114 Å². The summed E-state index contributed by atoms with van der Waals surface area (Å²) in [5.41, 5.74) is 37.1. The molecule has 17 aromatic carbocycles. The Labute approximate surface area is 854 Å². The minimum Gasteiger partial charge on any atom is -0.458 e. The molecule has 8 aliphatic heterocycles. The van der Waals surface area contributed by atoms with Crippen LogP contribution in [0.3, 0.4) is 0 Å². The third kappa shape index (κ3) is 15.2. The van der Waals surface area contributed by atoms with Crippen LogP contribution in [0.5, 0.6) is 80.5 Å². The van der Waals surface area contributed by atoms with Crippen LogP contribution >= 0.6 is 0 Å². The van der Waals surface area contributed by atoms with Crippen LogP contribution in [0.4, 0.5) is 0 Å². The van der Waals surface area contributed by atoms with Gasteiger partial charge in [0.1, 0.15) is 103 Å². The molecule has 0 aliphatic carbocycles. The lowest BCUT2D eigenvalue weighted by Crippen LogP contribution is -2.63. The highest BCUT2D eigenvalue weighted by Crippen LogP contribution is 2.52. The summed E-state index contributed by atoms with van der Waals surface area (Å²) in [6.45, 7) is 51.1. The van der Waals surface area contributed by atoms with Gasteiger partial charge in [-0.25, -0.2) is 0 Å². The van der Waals surface area contributed by atoms with Crippen molar-refractivity contribution in [2.45, 2.75) is 196 Å². The molecule has 2 aromatic heterocycles. The quantitative estimate of drug-likeness (QED) is 0.151. The van der Waals surface area contributed by atoms with E-state index in [1.807, 2.05) is 121 Å². The average molecular weight is 1890 g/mol. The van der Waals surface area contributed by atoms with Gasteiger partial charge in [0.25, 0.3) is 26.9 Å². The minimum absolute atomic E-state index is 0.000680. The second-order valence-electron chi connectivity index (χ2n) is 47.4. The monoisotopic (exact) mass is 1890 g/mol. The largest absolute Gasteiger partial charge is 0.458 e. The van der Waals surface area contributed by atoms with Crippen LogP contribution in [0.2, 0.25) is 0 Å². The predicted octanol–water partition coefficient (Wildman–Crippen LogP) is 26.8. The normalized spacial score (nSPS) is 15.1. The Bertz CT molecular complexity index is 8560. The highest BCUT2D eigenvalue weighted by Gasteiger charge is 2.53. The van der Waals surface area contributed by atoms with Crippen LogP contribution in [0.1, 0.15) is 216 Å². The zero-order valence-corrected chi connectivity index (χ0v) is 87.2. The van der Waals surface area contributed by atoms with Crippen molar-refractivity contribution in [2.75, 3.05) is 0 Å². The molecule has 0 bridgehead atoms. The molecule has 0 unspecified atom stereocenters. The molecule has 13 heteroatoms. The van der Waals surface area contributed by atoms with Crippen LogP contribution in [0, 0.1) is 13.8 Å². The Balaban J connectivity index is 0.000000104. The molecule has 19 aromatic rings. The third-order valence-corrected chi connectivity index (χ3v) is 32.2. The number of benzene rings is 17. The maximum Gasteiger partial charge on any atom is 0.252 e. The summed E-state index contributed by atoms with van der Waals surface area (Å²) in [7, 11) is 0. The van der Waals surface area contributed by atoms with Gasteiger partial charge in [0.05, 0.1) is 0 Å². The summed E-state index contributed by atoms with van der Waals surface area (Å²) in [5, 5.41) is 4.73. The van der Waals surface area contributed by atoms with Crippen molar-refractivity contribution in [3.63, 3.8) is 0 Å². The first-order chi connectivity index (χ1) is 69.2. The lowest BCUT2D eigenvalue weighted by atomic mass is 9.30. The standard InChI is InChI=1S/C35H35BO2.C35H37BO2.C33H25BO3.C29H23BO2/c1-33(2,3)20-13-15-28-26(17-20)36-25-18-22-21-11-9-10-12-27(21)37-30(22)19-24(25)35(7,8)31-23(34(4,5)6)14-16-29(38-28)32(31)36;1-33(2,3)22-14-18-29-28(20-22)36-27-21-24(37-23-12-10-9-11-13-23)15-16-25(27)35(7,8)31-26(34(4,5)6)17-19-30(38-29)32(31)36;1-33(2)25-15-9-10-16-26(25)34-27-21-24(35-22-11-5-3-6-12-22)17-18-28(27)37-30-20-19-29(31(33)32(30)34)36-23-13-7-4-8-14-23;1-16-9-11-24-22(13-16)30-21-14-19-18-7-5-6-8-23(18)31-26(19)15-20(21)29(3,4)27-17(2)10-12-25(32-24)28(27)30/h9-19H,1-8H3;9-21H,1-8H3;3-21H,1-2H3;5-15H,1-4H3. The van der Waals surface area contributed by atoms with E-state index >= 15 is 0 Å². The minimum atomic E-state index is -0.276. The van der Waals surface area contributed by atoms with E-state index in [-0.39, 0.29) is 70.2 Å². The van der Waals surface area contributed by atoms with Crippen LogP contribution in [-0.2, 0) is 43.3 Å². The predicted molar refractivity (Wildman–Crippen MR) is 603 cm³/mol. The van der Waals surface area contributed by atoms with E-state index in [4.69, 9.17) is 42.0 Å². The average Bonchev–Trinajstić information content (AvgIpc) is 1.23.